The molecule has 2 saturated heterocycles. The molecule has 3 aromatic rings. The number of aliphatic hydroxyl groups excluding tert-OH is 1. The summed E-state index contributed by atoms with van der Waals surface area (Å²) in [4.78, 5) is 11.1. The zero-order valence-corrected chi connectivity index (χ0v) is 20.5. The number of piperidine rings is 1. The molecule has 2 unspecified atom stereocenters. The molecule has 2 bridgehead atoms. The van der Waals surface area contributed by atoms with Crippen LogP contribution in [0.15, 0.2) is 33.8 Å². The van der Waals surface area contributed by atoms with E-state index in [0.29, 0.717) is 11.7 Å². The number of aromatic nitrogens is 4. The van der Waals surface area contributed by atoms with Gasteiger partial charge in [0, 0.05) is 29.3 Å². The second-order valence-corrected chi connectivity index (χ2v) is 11.6. The number of benzene rings is 1. The van der Waals surface area contributed by atoms with Crippen molar-refractivity contribution < 1.29 is 22.3 Å². The molecule has 0 saturated carbocycles. The molecule has 0 amide bonds. The first-order chi connectivity index (χ1) is 16.6. The summed E-state index contributed by atoms with van der Waals surface area (Å²) in [5, 5.41) is 20.4. The van der Waals surface area contributed by atoms with Crippen molar-refractivity contribution in [2.45, 2.75) is 68.5 Å². The standard InChI is InChI=1S/C23H27FN6O4S/c1-13-20(27-18-7-6-16(8-17(18)24)35(3,32)33)25-12-26-21(13)30-14-4-5-15(30)10-23(2,9-14)22-29-28-19(11-31)34-22/h6-8,12,14-15,31H,4-5,9-11H2,1-3H3,(H,25,26,27). The monoisotopic (exact) mass is 502 g/mol. The van der Waals surface area contributed by atoms with E-state index in [-0.39, 0.29) is 40.6 Å². The lowest BCUT2D eigenvalue weighted by atomic mass is 9.76. The fourth-order valence-electron chi connectivity index (χ4n) is 5.35. The number of anilines is 3. The predicted molar refractivity (Wildman–Crippen MR) is 126 cm³/mol. The third-order valence-corrected chi connectivity index (χ3v) is 8.14. The highest BCUT2D eigenvalue weighted by molar-refractivity contribution is 7.90. The number of hydrogen-bond acceptors (Lipinski definition) is 10. The van der Waals surface area contributed by atoms with Gasteiger partial charge in [0.05, 0.1) is 10.6 Å². The smallest absolute Gasteiger partial charge is 0.241 e. The number of rotatable bonds is 6. The Balaban J connectivity index is 1.41. The van der Waals surface area contributed by atoms with Gasteiger partial charge in [-0.1, -0.05) is 6.92 Å². The molecule has 2 fully saturated rings. The van der Waals surface area contributed by atoms with Crippen molar-refractivity contribution in [3.05, 3.63) is 47.7 Å². The summed E-state index contributed by atoms with van der Waals surface area (Å²) in [7, 11) is -3.51. The van der Waals surface area contributed by atoms with Gasteiger partial charge in [-0.05, 0) is 50.8 Å². The lowest BCUT2D eigenvalue weighted by molar-refractivity contribution is 0.209. The number of sulfone groups is 1. The Kier molecular flexibility index (Phi) is 5.75. The van der Waals surface area contributed by atoms with Crippen LogP contribution >= 0.6 is 0 Å². The van der Waals surface area contributed by atoms with Gasteiger partial charge in [-0.3, -0.25) is 0 Å². The van der Waals surface area contributed by atoms with Gasteiger partial charge in [0.1, 0.15) is 30.4 Å². The van der Waals surface area contributed by atoms with Crippen LogP contribution < -0.4 is 10.2 Å². The van der Waals surface area contributed by atoms with Crippen LogP contribution in [0.4, 0.5) is 21.7 Å². The molecule has 5 rings (SSSR count). The van der Waals surface area contributed by atoms with E-state index in [9.17, 15) is 17.9 Å². The molecule has 2 N–H and O–H groups in total. The molecule has 4 heterocycles. The van der Waals surface area contributed by atoms with Crippen molar-refractivity contribution in [2.75, 3.05) is 16.5 Å². The highest BCUT2D eigenvalue weighted by atomic mass is 32.2. The topological polar surface area (TPSA) is 134 Å². The average Bonchev–Trinajstić information content (AvgIpc) is 3.40. The van der Waals surface area contributed by atoms with Crippen LogP contribution in [0.1, 0.15) is 50.0 Å². The summed E-state index contributed by atoms with van der Waals surface area (Å²) in [6, 6.07) is 4.17. The summed E-state index contributed by atoms with van der Waals surface area (Å²) < 4.78 is 43.8. The normalized spacial score (nSPS) is 24.1. The zero-order chi connectivity index (χ0) is 25.0. The van der Waals surface area contributed by atoms with Gasteiger partial charge in [0.2, 0.25) is 11.8 Å². The summed E-state index contributed by atoms with van der Waals surface area (Å²) >= 11 is 0. The summed E-state index contributed by atoms with van der Waals surface area (Å²) in [5.74, 6) is 1.33. The maximum Gasteiger partial charge on any atom is 0.241 e. The molecule has 0 radical (unpaired) electrons. The number of nitrogens with one attached hydrogen (secondary N) is 1. The third-order valence-electron chi connectivity index (χ3n) is 7.03. The van der Waals surface area contributed by atoms with Crippen LogP contribution in [-0.4, -0.2) is 52.0 Å². The molecule has 1 aromatic carbocycles. The van der Waals surface area contributed by atoms with E-state index in [1.807, 2.05) is 6.92 Å². The number of fused-ring (bicyclic) bond motifs is 2. The fourth-order valence-corrected chi connectivity index (χ4v) is 5.98. The average molecular weight is 503 g/mol. The van der Waals surface area contributed by atoms with Crippen molar-refractivity contribution in [2.24, 2.45) is 0 Å². The first kappa shape index (κ1) is 23.6. The Hall–Kier alpha value is -3.12. The van der Waals surface area contributed by atoms with Crippen molar-refractivity contribution >= 4 is 27.2 Å². The quantitative estimate of drug-likeness (QED) is 0.518. The van der Waals surface area contributed by atoms with E-state index >= 15 is 0 Å². The number of halogens is 1. The first-order valence-corrected chi connectivity index (χ1v) is 13.3. The van der Waals surface area contributed by atoms with E-state index in [1.165, 1.54) is 18.5 Å². The van der Waals surface area contributed by atoms with Crippen LogP contribution in [0, 0.1) is 12.7 Å². The number of nitrogens with zero attached hydrogens (tertiary/aromatic N) is 5. The Morgan fingerprint density at radius 2 is 1.94 bits per heavy atom. The van der Waals surface area contributed by atoms with E-state index in [0.717, 1.165) is 49.4 Å². The Bertz CT molecular complexity index is 1360. The van der Waals surface area contributed by atoms with Gasteiger partial charge < -0.3 is 19.7 Å². The Morgan fingerprint density at radius 1 is 1.23 bits per heavy atom. The maximum absolute atomic E-state index is 14.6. The van der Waals surface area contributed by atoms with Crippen LogP contribution in [0.3, 0.4) is 0 Å². The molecular formula is C23H27FN6O4S. The molecule has 35 heavy (non-hydrogen) atoms. The second kappa shape index (κ2) is 8.52. The summed E-state index contributed by atoms with van der Waals surface area (Å²) in [6.07, 6.45) is 6.07. The van der Waals surface area contributed by atoms with Crippen molar-refractivity contribution in [3.8, 4) is 0 Å². The van der Waals surface area contributed by atoms with Gasteiger partial charge in [0.15, 0.2) is 9.84 Å². The van der Waals surface area contributed by atoms with Gasteiger partial charge >= 0.3 is 0 Å². The van der Waals surface area contributed by atoms with Crippen molar-refractivity contribution in [1.29, 1.82) is 0 Å². The minimum absolute atomic E-state index is 0.0825. The van der Waals surface area contributed by atoms with E-state index in [1.54, 1.807) is 0 Å². The van der Waals surface area contributed by atoms with Gasteiger partial charge in [-0.2, -0.15) is 0 Å². The molecule has 2 aliphatic heterocycles. The summed E-state index contributed by atoms with van der Waals surface area (Å²) in [6.45, 7) is 3.72. The SMILES string of the molecule is Cc1c(Nc2ccc(S(C)(=O)=O)cc2F)ncnc1N1C2CCC1CC(C)(c1nnc(CO)o1)C2. The lowest BCUT2D eigenvalue weighted by Crippen LogP contribution is -2.49. The lowest BCUT2D eigenvalue weighted by Gasteiger charge is -2.44. The third kappa shape index (κ3) is 4.25. The van der Waals surface area contributed by atoms with Crippen LogP contribution in [-0.2, 0) is 21.9 Å². The highest BCUT2D eigenvalue weighted by Crippen LogP contribution is 2.48. The van der Waals surface area contributed by atoms with E-state index in [4.69, 9.17) is 4.42 Å². The van der Waals surface area contributed by atoms with Gasteiger partial charge in [-0.15, -0.1) is 10.2 Å². The molecule has 2 aliphatic rings. The number of aliphatic hydroxyl groups is 1. The number of hydrogen-bond donors (Lipinski definition) is 2. The zero-order valence-electron chi connectivity index (χ0n) is 19.7. The minimum atomic E-state index is -3.51. The predicted octanol–water partition coefficient (Wildman–Crippen LogP) is 3.04. The van der Waals surface area contributed by atoms with Crippen molar-refractivity contribution in [1.82, 2.24) is 20.2 Å². The Labute approximate surface area is 202 Å². The minimum Gasteiger partial charge on any atom is -0.422 e. The van der Waals surface area contributed by atoms with Crippen LogP contribution in [0.2, 0.25) is 0 Å². The van der Waals surface area contributed by atoms with E-state index in [2.05, 4.69) is 37.3 Å². The van der Waals surface area contributed by atoms with Crippen molar-refractivity contribution in [3.63, 3.8) is 0 Å². The van der Waals surface area contributed by atoms with E-state index < -0.39 is 15.7 Å². The van der Waals surface area contributed by atoms with Gasteiger partial charge in [-0.25, -0.2) is 22.8 Å². The molecular weight excluding hydrogens is 475 g/mol. The molecule has 186 valence electrons. The highest BCUT2D eigenvalue weighted by Gasteiger charge is 2.50. The molecule has 2 atom stereocenters. The van der Waals surface area contributed by atoms with Gasteiger partial charge in [0.25, 0.3) is 0 Å². The largest absolute Gasteiger partial charge is 0.422 e. The molecule has 10 nitrogen and oxygen atoms in total. The van der Waals surface area contributed by atoms with Crippen LogP contribution in [0.25, 0.3) is 0 Å². The molecule has 0 spiro atoms. The fraction of sp³-hybridized carbons (Fsp3) is 0.478. The molecule has 12 heteroatoms. The Morgan fingerprint density at radius 3 is 2.54 bits per heavy atom. The maximum atomic E-state index is 14.6. The molecule has 0 aliphatic carbocycles. The first-order valence-electron chi connectivity index (χ1n) is 11.4. The summed E-state index contributed by atoms with van der Waals surface area (Å²) in [5.41, 5.74) is 0.616. The molecule has 2 aromatic heterocycles. The second-order valence-electron chi connectivity index (χ2n) is 9.63. The van der Waals surface area contributed by atoms with Crippen LogP contribution in [0.5, 0.6) is 0 Å².